The predicted molar refractivity (Wildman–Crippen MR) is 118 cm³/mol. The third kappa shape index (κ3) is 7.73. The molecule has 1 aromatic heterocycles. The zero-order chi connectivity index (χ0) is 23.3. The second kappa shape index (κ2) is 14.0. The topological polar surface area (TPSA) is 87.9 Å². The summed E-state index contributed by atoms with van der Waals surface area (Å²) in [7, 11) is 4.80. The van der Waals surface area contributed by atoms with Crippen LogP contribution in [0.2, 0.25) is 0 Å². The van der Waals surface area contributed by atoms with Crippen molar-refractivity contribution in [3.05, 3.63) is 35.9 Å². The minimum atomic E-state index is -0.448. The third-order valence-electron chi connectivity index (χ3n) is 4.59. The van der Waals surface area contributed by atoms with Gasteiger partial charge in [0, 0.05) is 34.4 Å². The summed E-state index contributed by atoms with van der Waals surface area (Å²) in [5, 5.41) is 9.01. The molecule has 2 rings (SSSR count). The average molecular weight is 471 g/mol. The number of carbonyl (C=O) groups excluding carboxylic acids is 1. The number of halogens is 1. The van der Waals surface area contributed by atoms with E-state index in [4.69, 9.17) is 18.9 Å². The Bertz CT molecular complexity index is 830. The Hall–Kier alpha value is -2.21. The maximum atomic E-state index is 13.9. The van der Waals surface area contributed by atoms with E-state index >= 15 is 0 Å². The van der Waals surface area contributed by atoms with Crippen LogP contribution in [0.1, 0.15) is 18.8 Å². The van der Waals surface area contributed by atoms with Gasteiger partial charge in [-0.1, -0.05) is 23.9 Å². The molecule has 0 aliphatic heterocycles. The van der Waals surface area contributed by atoms with Crippen molar-refractivity contribution in [3.8, 4) is 5.75 Å². The van der Waals surface area contributed by atoms with Gasteiger partial charge in [0.05, 0.1) is 31.6 Å². The van der Waals surface area contributed by atoms with Gasteiger partial charge in [-0.3, -0.25) is 9.36 Å². The van der Waals surface area contributed by atoms with Crippen LogP contribution in [0.5, 0.6) is 5.75 Å². The molecule has 0 bridgehead atoms. The summed E-state index contributed by atoms with van der Waals surface area (Å²) < 4.78 is 36.8. The van der Waals surface area contributed by atoms with Crippen LogP contribution in [-0.4, -0.2) is 85.6 Å². The molecule has 9 nitrogen and oxygen atoms in total. The molecule has 1 aromatic carbocycles. The van der Waals surface area contributed by atoms with E-state index in [1.807, 2.05) is 11.5 Å². The van der Waals surface area contributed by atoms with E-state index in [9.17, 15) is 9.18 Å². The number of rotatable bonds is 15. The van der Waals surface area contributed by atoms with E-state index in [0.717, 1.165) is 0 Å². The molecule has 0 aliphatic carbocycles. The molecule has 0 aliphatic rings. The van der Waals surface area contributed by atoms with E-state index in [0.29, 0.717) is 43.9 Å². The Morgan fingerprint density at radius 2 is 1.81 bits per heavy atom. The lowest BCUT2D eigenvalue weighted by atomic mass is 10.3. The fourth-order valence-electron chi connectivity index (χ4n) is 2.95. The summed E-state index contributed by atoms with van der Waals surface area (Å²) in [6, 6.07) is 6.07. The normalized spacial score (nSPS) is 12.0. The Kier molecular flexibility index (Phi) is 11.4. The Morgan fingerprint density at radius 1 is 1.12 bits per heavy atom. The maximum absolute atomic E-state index is 13.9. The number of para-hydroxylation sites is 1. The molecule has 0 fully saturated rings. The van der Waals surface area contributed by atoms with Gasteiger partial charge >= 0.3 is 0 Å². The minimum absolute atomic E-state index is 0.0320. The number of hydrogen-bond acceptors (Lipinski definition) is 8. The van der Waals surface area contributed by atoms with Crippen molar-refractivity contribution in [2.24, 2.45) is 0 Å². The van der Waals surface area contributed by atoms with Gasteiger partial charge in [-0.15, -0.1) is 10.2 Å². The summed E-state index contributed by atoms with van der Waals surface area (Å²) in [5.74, 6) is 0.332. The van der Waals surface area contributed by atoms with Crippen molar-refractivity contribution < 1.29 is 28.1 Å². The number of nitrogens with zero attached hydrogens (tertiary/aromatic N) is 4. The van der Waals surface area contributed by atoms with Crippen LogP contribution in [0.3, 0.4) is 0 Å². The van der Waals surface area contributed by atoms with E-state index in [-0.39, 0.29) is 30.1 Å². The molecule has 0 radical (unpaired) electrons. The zero-order valence-electron chi connectivity index (χ0n) is 19.0. The largest absolute Gasteiger partial charge is 0.483 e. The zero-order valence-corrected chi connectivity index (χ0v) is 19.8. The lowest BCUT2D eigenvalue weighted by Crippen LogP contribution is -2.37. The molecule has 0 unspecified atom stereocenters. The lowest BCUT2D eigenvalue weighted by molar-refractivity contribution is -0.129. The van der Waals surface area contributed by atoms with Crippen LogP contribution in [0.15, 0.2) is 29.4 Å². The standard InChI is InChI=1S/C21H31FN4O5S/c1-16(13-30-4)26-19(14-31-18-8-6-5-7-17(18)22)23-24-21(26)32-15-20(27)25(9-11-28-2)10-12-29-3/h5-8,16H,9-15H2,1-4H3/t16-/m1/s1. The summed E-state index contributed by atoms with van der Waals surface area (Å²) in [4.78, 5) is 14.4. The number of benzene rings is 1. The number of aromatic nitrogens is 3. The number of hydrogen-bond donors (Lipinski definition) is 0. The average Bonchev–Trinajstić information content (AvgIpc) is 3.20. The molecule has 11 heteroatoms. The molecule has 1 atom stereocenters. The quantitative estimate of drug-likeness (QED) is 0.367. The van der Waals surface area contributed by atoms with E-state index in [2.05, 4.69) is 10.2 Å². The second-order valence-corrected chi connectivity index (χ2v) is 7.89. The third-order valence-corrected chi connectivity index (χ3v) is 5.51. The highest BCUT2D eigenvalue weighted by molar-refractivity contribution is 7.99. The Labute approximate surface area is 192 Å². The van der Waals surface area contributed by atoms with Gasteiger partial charge in [-0.05, 0) is 19.1 Å². The van der Waals surface area contributed by atoms with Gasteiger partial charge in [0.25, 0.3) is 0 Å². The molecule has 2 aromatic rings. The first-order chi connectivity index (χ1) is 15.5. The molecule has 1 amide bonds. The smallest absolute Gasteiger partial charge is 0.233 e. The fraction of sp³-hybridized carbons (Fsp3) is 0.571. The van der Waals surface area contributed by atoms with Crippen molar-refractivity contribution in [2.45, 2.75) is 24.7 Å². The van der Waals surface area contributed by atoms with Crippen molar-refractivity contribution in [1.82, 2.24) is 19.7 Å². The van der Waals surface area contributed by atoms with Crippen LogP contribution in [-0.2, 0) is 25.6 Å². The SMILES string of the molecule is COCCN(CCOC)C(=O)CSc1nnc(COc2ccccc2F)n1[C@H](C)COC. The summed E-state index contributed by atoms with van der Waals surface area (Å²) in [6.45, 7) is 4.25. The molecule has 178 valence electrons. The molecule has 1 heterocycles. The van der Waals surface area contributed by atoms with Crippen LogP contribution in [0.25, 0.3) is 0 Å². The van der Waals surface area contributed by atoms with Gasteiger partial charge in [0.1, 0.15) is 6.61 Å². The predicted octanol–water partition coefficient (Wildman–Crippen LogP) is 2.42. The van der Waals surface area contributed by atoms with Gasteiger partial charge in [-0.2, -0.15) is 0 Å². The Morgan fingerprint density at radius 3 is 2.44 bits per heavy atom. The maximum Gasteiger partial charge on any atom is 0.233 e. The van der Waals surface area contributed by atoms with E-state index in [1.54, 1.807) is 44.4 Å². The first kappa shape index (κ1) is 26.0. The van der Waals surface area contributed by atoms with Crippen molar-refractivity contribution in [3.63, 3.8) is 0 Å². The summed E-state index contributed by atoms with van der Waals surface area (Å²) in [5.41, 5.74) is 0. The van der Waals surface area contributed by atoms with E-state index < -0.39 is 5.82 Å². The second-order valence-electron chi connectivity index (χ2n) is 6.95. The highest BCUT2D eigenvalue weighted by atomic mass is 32.2. The molecular weight excluding hydrogens is 439 g/mol. The number of ether oxygens (including phenoxy) is 4. The Balaban J connectivity index is 2.10. The van der Waals surface area contributed by atoms with Crippen molar-refractivity contribution in [2.75, 3.05) is 60.0 Å². The number of amides is 1. The monoisotopic (exact) mass is 470 g/mol. The van der Waals surface area contributed by atoms with E-state index in [1.165, 1.54) is 17.8 Å². The molecule has 0 N–H and O–H groups in total. The molecule has 0 saturated carbocycles. The molecule has 32 heavy (non-hydrogen) atoms. The lowest BCUT2D eigenvalue weighted by Gasteiger charge is -2.22. The van der Waals surface area contributed by atoms with Gasteiger partial charge in [0.2, 0.25) is 5.91 Å². The number of methoxy groups -OCH3 is 3. The van der Waals surface area contributed by atoms with Crippen molar-refractivity contribution in [1.29, 1.82) is 0 Å². The first-order valence-electron chi connectivity index (χ1n) is 10.2. The number of thioether (sulfide) groups is 1. The van der Waals surface area contributed by atoms with Gasteiger partial charge in [-0.25, -0.2) is 4.39 Å². The molecule has 0 saturated heterocycles. The fourth-order valence-corrected chi connectivity index (χ4v) is 3.91. The first-order valence-corrected chi connectivity index (χ1v) is 11.2. The van der Waals surface area contributed by atoms with Gasteiger partial charge in [0.15, 0.2) is 22.5 Å². The highest BCUT2D eigenvalue weighted by Crippen LogP contribution is 2.24. The molecule has 0 spiro atoms. The van der Waals surface area contributed by atoms with Gasteiger partial charge < -0.3 is 23.8 Å². The minimum Gasteiger partial charge on any atom is -0.483 e. The van der Waals surface area contributed by atoms with Crippen LogP contribution in [0, 0.1) is 5.82 Å². The summed E-state index contributed by atoms with van der Waals surface area (Å²) in [6.07, 6.45) is 0. The van der Waals surface area contributed by atoms with Crippen molar-refractivity contribution >= 4 is 17.7 Å². The van der Waals surface area contributed by atoms with Crippen LogP contribution in [0.4, 0.5) is 4.39 Å². The van der Waals surface area contributed by atoms with Crippen LogP contribution < -0.4 is 4.74 Å². The summed E-state index contributed by atoms with van der Waals surface area (Å²) >= 11 is 1.28. The van der Waals surface area contributed by atoms with Crippen LogP contribution >= 0.6 is 11.8 Å². The highest BCUT2D eigenvalue weighted by Gasteiger charge is 2.21. The number of carbonyl (C=O) groups is 1. The molecular formula is C21H31FN4O5S.